The molecule has 2 fully saturated rings. The molecule has 2 heterocycles. The number of benzene rings is 1. The average Bonchev–Trinajstić information content (AvgIpc) is 3.24. The number of thioether (sulfide) groups is 1. The molecule has 2 aliphatic rings. The van der Waals surface area contributed by atoms with Gasteiger partial charge in [0.05, 0.1) is 6.61 Å². The Labute approximate surface area is 156 Å². The average molecular weight is 374 g/mol. The summed E-state index contributed by atoms with van der Waals surface area (Å²) >= 11 is 1.89. The summed E-state index contributed by atoms with van der Waals surface area (Å²) in [5.74, 6) is -0.132. The first-order valence-corrected chi connectivity index (χ1v) is 10.3. The van der Waals surface area contributed by atoms with Crippen molar-refractivity contribution in [3.05, 3.63) is 35.6 Å². The lowest BCUT2D eigenvalue weighted by Gasteiger charge is -2.20. The van der Waals surface area contributed by atoms with Crippen molar-refractivity contribution in [2.24, 2.45) is 0 Å². The minimum absolute atomic E-state index is 0.217. The Morgan fingerprint density at radius 1 is 1.15 bits per heavy atom. The van der Waals surface area contributed by atoms with E-state index in [4.69, 9.17) is 13.9 Å². The minimum atomic E-state index is -0.824. The van der Waals surface area contributed by atoms with Crippen LogP contribution in [0.4, 0.5) is 0 Å². The molecular formula is C20H22O5S. The lowest BCUT2D eigenvalue weighted by atomic mass is 10.0. The SMILES string of the molecule is O=C(O[C@@H]1CCOC1=O)c1oc2ccccc2c1CSC1CCCCC1. The monoisotopic (exact) mass is 374 g/mol. The van der Waals surface area contributed by atoms with Crippen LogP contribution < -0.4 is 0 Å². The van der Waals surface area contributed by atoms with Crippen LogP contribution >= 0.6 is 11.8 Å². The number of cyclic esters (lactones) is 1. The van der Waals surface area contributed by atoms with Crippen LogP contribution in [0.3, 0.4) is 0 Å². The molecule has 26 heavy (non-hydrogen) atoms. The highest BCUT2D eigenvalue weighted by molar-refractivity contribution is 7.99. The molecule has 1 saturated heterocycles. The zero-order valence-electron chi connectivity index (χ0n) is 14.6. The van der Waals surface area contributed by atoms with Crippen molar-refractivity contribution in [1.29, 1.82) is 0 Å². The van der Waals surface area contributed by atoms with Crippen molar-refractivity contribution in [1.82, 2.24) is 0 Å². The Bertz CT molecular complexity index is 806. The zero-order chi connectivity index (χ0) is 17.9. The van der Waals surface area contributed by atoms with Crippen LogP contribution in [-0.4, -0.2) is 29.9 Å². The van der Waals surface area contributed by atoms with Crippen molar-refractivity contribution in [2.45, 2.75) is 55.6 Å². The number of esters is 2. The number of fused-ring (bicyclic) bond motifs is 1. The van der Waals surface area contributed by atoms with E-state index in [0.717, 1.165) is 10.9 Å². The van der Waals surface area contributed by atoms with E-state index < -0.39 is 18.0 Å². The molecule has 0 radical (unpaired) electrons. The number of hydrogen-bond donors (Lipinski definition) is 0. The molecule has 0 amide bonds. The molecule has 1 atom stereocenters. The van der Waals surface area contributed by atoms with Crippen LogP contribution in [0.1, 0.15) is 54.6 Å². The molecule has 0 spiro atoms. The highest BCUT2D eigenvalue weighted by atomic mass is 32.2. The van der Waals surface area contributed by atoms with Crippen molar-refractivity contribution in [3.8, 4) is 0 Å². The van der Waals surface area contributed by atoms with Gasteiger partial charge >= 0.3 is 11.9 Å². The van der Waals surface area contributed by atoms with Crippen molar-refractivity contribution in [2.75, 3.05) is 6.61 Å². The molecule has 1 aliphatic heterocycles. The maximum atomic E-state index is 12.7. The van der Waals surface area contributed by atoms with E-state index >= 15 is 0 Å². The van der Waals surface area contributed by atoms with Gasteiger partial charge in [0.25, 0.3) is 0 Å². The Kier molecular flexibility index (Phi) is 5.20. The summed E-state index contributed by atoms with van der Waals surface area (Å²) in [7, 11) is 0. The van der Waals surface area contributed by atoms with Crippen molar-refractivity contribution < 1.29 is 23.5 Å². The maximum absolute atomic E-state index is 12.7. The topological polar surface area (TPSA) is 65.7 Å². The van der Waals surface area contributed by atoms with Crippen LogP contribution in [0.25, 0.3) is 11.0 Å². The molecule has 0 bridgehead atoms. The fraction of sp³-hybridized carbons (Fsp3) is 0.500. The molecule has 138 valence electrons. The number of ether oxygens (including phenoxy) is 2. The predicted octanol–water partition coefficient (Wildman–Crippen LogP) is 4.47. The highest BCUT2D eigenvalue weighted by Gasteiger charge is 2.33. The lowest BCUT2D eigenvalue weighted by Crippen LogP contribution is -2.23. The van der Waals surface area contributed by atoms with Gasteiger partial charge in [0, 0.05) is 28.4 Å². The Hall–Kier alpha value is -1.95. The fourth-order valence-electron chi connectivity index (χ4n) is 3.61. The number of para-hydroxylation sites is 1. The zero-order valence-corrected chi connectivity index (χ0v) is 15.4. The van der Waals surface area contributed by atoms with Gasteiger partial charge in [0.1, 0.15) is 5.58 Å². The third-order valence-electron chi connectivity index (χ3n) is 5.04. The van der Waals surface area contributed by atoms with Crippen LogP contribution in [0.2, 0.25) is 0 Å². The van der Waals surface area contributed by atoms with Gasteiger partial charge in [-0.1, -0.05) is 37.5 Å². The quantitative estimate of drug-likeness (QED) is 0.720. The van der Waals surface area contributed by atoms with Gasteiger partial charge in [0.2, 0.25) is 11.9 Å². The molecular weight excluding hydrogens is 352 g/mol. The summed E-state index contributed by atoms with van der Waals surface area (Å²) in [6, 6.07) is 7.64. The van der Waals surface area contributed by atoms with Crippen LogP contribution in [0, 0.1) is 0 Å². The first kappa shape index (κ1) is 17.5. The summed E-state index contributed by atoms with van der Waals surface area (Å²) in [4.78, 5) is 24.3. The normalized spacial score (nSPS) is 21.1. The van der Waals surface area contributed by atoms with E-state index in [1.54, 1.807) is 0 Å². The highest BCUT2D eigenvalue weighted by Crippen LogP contribution is 2.35. The standard InChI is InChI=1S/C20H22O5S/c21-19-17(10-11-23-19)25-20(22)18-15(12-26-13-6-2-1-3-7-13)14-8-4-5-9-16(14)24-18/h4-5,8-9,13,17H,1-3,6-7,10-12H2/t17-/m1/s1. The molecule has 4 rings (SSSR count). The largest absolute Gasteiger partial charge is 0.463 e. The number of rotatable bonds is 5. The number of carbonyl (C=O) groups is 2. The molecule has 5 nitrogen and oxygen atoms in total. The molecule has 1 aliphatic carbocycles. The molecule has 1 aromatic carbocycles. The molecule has 0 N–H and O–H groups in total. The van der Waals surface area contributed by atoms with Gasteiger partial charge in [-0.3, -0.25) is 0 Å². The van der Waals surface area contributed by atoms with E-state index in [1.165, 1.54) is 32.1 Å². The third kappa shape index (κ3) is 3.61. The Morgan fingerprint density at radius 2 is 1.96 bits per heavy atom. The van der Waals surface area contributed by atoms with Gasteiger partial charge in [0.15, 0.2) is 0 Å². The number of furan rings is 1. The minimum Gasteiger partial charge on any atom is -0.463 e. The van der Waals surface area contributed by atoms with Gasteiger partial charge < -0.3 is 13.9 Å². The van der Waals surface area contributed by atoms with E-state index in [0.29, 0.717) is 29.6 Å². The Balaban J connectivity index is 1.56. The van der Waals surface area contributed by atoms with Crippen molar-refractivity contribution >= 4 is 34.7 Å². The van der Waals surface area contributed by atoms with Gasteiger partial charge in [-0.15, -0.1) is 0 Å². The van der Waals surface area contributed by atoms with E-state index in [9.17, 15) is 9.59 Å². The molecule has 1 saturated carbocycles. The second kappa shape index (κ2) is 7.74. The van der Waals surface area contributed by atoms with Crippen molar-refractivity contribution in [3.63, 3.8) is 0 Å². The summed E-state index contributed by atoms with van der Waals surface area (Å²) in [5, 5.41) is 1.57. The summed E-state index contributed by atoms with van der Waals surface area (Å²) in [6.45, 7) is 0.293. The Morgan fingerprint density at radius 3 is 2.73 bits per heavy atom. The second-order valence-corrected chi connectivity index (χ2v) is 8.12. The van der Waals surface area contributed by atoms with Gasteiger partial charge in [-0.2, -0.15) is 11.8 Å². The summed E-state index contributed by atoms with van der Waals surface area (Å²) in [5.41, 5.74) is 1.54. The van der Waals surface area contributed by atoms with Gasteiger partial charge in [-0.05, 0) is 18.9 Å². The fourth-order valence-corrected chi connectivity index (χ4v) is 4.96. The third-order valence-corrected chi connectivity index (χ3v) is 6.43. The number of hydrogen-bond acceptors (Lipinski definition) is 6. The summed E-state index contributed by atoms with van der Waals surface area (Å²) in [6.07, 6.45) is 5.92. The molecule has 1 aromatic heterocycles. The van der Waals surface area contributed by atoms with Crippen LogP contribution in [-0.2, 0) is 20.0 Å². The molecule has 2 aromatic rings. The van der Waals surface area contributed by atoms with Crippen LogP contribution in [0.5, 0.6) is 0 Å². The van der Waals surface area contributed by atoms with Gasteiger partial charge in [-0.25, -0.2) is 9.59 Å². The first-order valence-electron chi connectivity index (χ1n) is 9.22. The van der Waals surface area contributed by atoms with E-state index in [-0.39, 0.29) is 5.76 Å². The van der Waals surface area contributed by atoms with Crippen LogP contribution in [0.15, 0.2) is 28.7 Å². The smallest absolute Gasteiger partial charge is 0.375 e. The predicted molar refractivity (Wildman–Crippen MR) is 99.2 cm³/mol. The summed E-state index contributed by atoms with van der Waals surface area (Å²) < 4.78 is 16.0. The maximum Gasteiger partial charge on any atom is 0.375 e. The first-order chi connectivity index (χ1) is 12.7. The second-order valence-electron chi connectivity index (χ2n) is 6.83. The molecule has 0 unspecified atom stereocenters. The van der Waals surface area contributed by atoms with E-state index in [1.807, 2.05) is 36.0 Å². The lowest BCUT2D eigenvalue weighted by molar-refractivity contribution is -0.145. The number of carbonyl (C=O) groups excluding carboxylic acids is 2. The van der Waals surface area contributed by atoms with E-state index in [2.05, 4.69) is 0 Å². The molecule has 6 heteroatoms.